The fourth-order valence-corrected chi connectivity index (χ4v) is 3.19. The molecule has 0 aromatic heterocycles. The first-order chi connectivity index (χ1) is 9.40. The largest absolute Gasteiger partial charge is 0.454 e. The first kappa shape index (κ1) is 11.2. The van der Waals surface area contributed by atoms with Crippen molar-refractivity contribution in [3.05, 3.63) is 54.1 Å². The summed E-state index contributed by atoms with van der Waals surface area (Å²) in [6.45, 7) is 0.312. The minimum atomic E-state index is 0.153. The molecule has 2 aliphatic heterocycles. The predicted molar refractivity (Wildman–Crippen MR) is 72.5 cm³/mol. The smallest absolute Gasteiger partial charge is 0.231 e. The van der Waals surface area contributed by atoms with Gasteiger partial charge in [-0.1, -0.05) is 36.0 Å². The molecule has 2 aromatic rings. The molecule has 0 unspecified atom stereocenters. The standard InChI is InChI=1S/C15H12O3S/c1-2-4-11(5-3-1)19-15-14(18-15)10-6-7-12-13(8-10)17-9-16-12/h1-8,14-15H,9H2/t14-,15+/m1/s1. The van der Waals surface area contributed by atoms with E-state index in [-0.39, 0.29) is 11.5 Å². The highest BCUT2D eigenvalue weighted by atomic mass is 32.2. The Kier molecular flexibility index (Phi) is 2.64. The second-order valence-corrected chi connectivity index (χ2v) is 5.64. The van der Waals surface area contributed by atoms with Crippen molar-refractivity contribution in [2.75, 3.05) is 6.79 Å². The molecule has 1 saturated heterocycles. The van der Waals surface area contributed by atoms with Crippen LogP contribution in [0, 0.1) is 0 Å². The van der Waals surface area contributed by atoms with E-state index in [9.17, 15) is 0 Å². The van der Waals surface area contributed by atoms with Gasteiger partial charge in [-0.15, -0.1) is 0 Å². The van der Waals surface area contributed by atoms with Crippen LogP contribution in [0.5, 0.6) is 11.5 Å². The number of hydrogen-bond acceptors (Lipinski definition) is 4. The maximum absolute atomic E-state index is 5.73. The zero-order valence-electron chi connectivity index (χ0n) is 10.1. The number of fused-ring (bicyclic) bond motifs is 1. The van der Waals surface area contributed by atoms with Crippen molar-refractivity contribution < 1.29 is 14.2 Å². The molecule has 0 bridgehead atoms. The third-order valence-electron chi connectivity index (χ3n) is 3.17. The summed E-state index contributed by atoms with van der Waals surface area (Å²) < 4.78 is 16.4. The molecule has 3 nitrogen and oxygen atoms in total. The van der Waals surface area contributed by atoms with Crippen LogP contribution in [0.15, 0.2) is 53.4 Å². The van der Waals surface area contributed by atoms with Crippen molar-refractivity contribution in [1.29, 1.82) is 0 Å². The zero-order chi connectivity index (χ0) is 12.7. The van der Waals surface area contributed by atoms with Crippen LogP contribution in [0.1, 0.15) is 11.7 Å². The van der Waals surface area contributed by atoms with Crippen LogP contribution in [0.2, 0.25) is 0 Å². The van der Waals surface area contributed by atoms with Gasteiger partial charge in [0.15, 0.2) is 11.5 Å². The highest BCUT2D eigenvalue weighted by Gasteiger charge is 2.41. The quantitative estimate of drug-likeness (QED) is 0.799. The van der Waals surface area contributed by atoms with Gasteiger partial charge in [-0.3, -0.25) is 0 Å². The summed E-state index contributed by atoms with van der Waals surface area (Å²) in [6, 6.07) is 16.3. The van der Waals surface area contributed by atoms with E-state index >= 15 is 0 Å². The van der Waals surface area contributed by atoms with Gasteiger partial charge in [-0.05, 0) is 29.8 Å². The van der Waals surface area contributed by atoms with E-state index in [0.29, 0.717) is 6.79 Å². The molecule has 0 radical (unpaired) electrons. The normalized spacial score (nSPS) is 23.4. The van der Waals surface area contributed by atoms with Gasteiger partial charge in [-0.25, -0.2) is 0 Å². The lowest BCUT2D eigenvalue weighted by Gasteiger charge is -2.00. The number of epoxide rings is 1. The van der Waals surface area contributed by atoms with Crippen LogP contribution in [-0.2, 0) is 4.74 Å². The second kappa shape index (κ2) is 4.47. The Morgan fingerprint density at radius 1 is 0.947 bits per heavy atom. The molecule has 4 rings (SSSR count). The SMILES string of the molecule is c1ccc(S[C@@H]2O[C@@H]2c2ccc3c(c2)OCO3)cc1. The third-order valence-corrected chi connectivity index (χ3v) is 4.31. The monoisotopic (exact) mass is 272 g/mol. The molecule has 0 N–H and O–H groups in total. The maximum atomic E-state index is 5.73. The van der Waals surface area contributed by atoms with Crippen molar-refractivity contribution in [3.8, 4) is 11.5 Å². The highest BCUT2D eigenvalue weighted by molar-refractivity contribution is 8.00. The van der Waals surface area contributed by atoms with Gasteiger partial charge in [0.1, 0.15) is 11.5 Å². The Morgan fingerprint density at radius 3 is 2.68 bits per heavy atom. The Hall–Kier alpha value is -1.65. The van der Waals surface area contributed by atoms with Crippen LogP contribution >= 0.6 is 11.8 Å². The van der Waals surface area contributed by atoms with Gasteiger partial charge in [0, 0.05) is 4.90 Å². The maximum Gasteiger partial charge on any atom is 0.231 e. The molecule has 1 fully saturated rings. The Labute approximate surface area is 115 Å². The molecule has 0 amide bonds. The van der Waals surface area contributed by atoms with Crippen molar-refractivity contribution in [3.63, 3.8) is 0 Å². The summed E-state index contributed by atoms with van der Waals surface area (Å²) >= 11 is 1.75. The lowest BCUT2D eigenvalue weighted by molar-refractivity contribution is 0.174. The van der Waals surface area contributed by atoms with Crippen LogP contribution in [-0.4, -0.2) is 12.2 Å². The first-order valence-electron chi connectivity index (χ1n) is 6.17. The molecule has 0 saturated carbocycles. The lowest BCUT2D eigenvalue weighted by Crippen LogP contribution is -1.92. The Balaban J connectivity index is 1.48. The Morgan fingerprint density at radius 2 is 1.79 bits per heavy atom. The van der Waals surface area contributed by atoms with Gasteiger partial charge in [0.2, 0.25) is 6.79 Å². The van der Waals surface area contributed by atoms with Gasteiger partial charge in [-0.2, -0.15) is 0 Å². The van der Waals surface area contributed by atoms with E-state index < -0.39 is 0 Å². The topological polar surface area (TPSA) is 31.0 Å². The third kappa shape index (κ3) is 2.17. The molecule has 4 heteroatoms. The number of rotatable bonds is 3. The van der Waals surface area contributed by atoms with Gasteiger partial charge < -0.3 is 14.2 Å². The Bertz CT molecular complexity index is 600. The molecular weight excluding hydrogens is 260 g/mol. The molecule has 96 valence electrons. The first-order valence-corrected chi connectivity index (χ1v) is 7.05. The molecule has 2 heterocycles. The molecule has 2 atom stereocenters. The summed E-state index contributed by atoms with van der Waals surface area (Å²) in [5.41, 5.74) is 1.35. The average Bonchev–Trinajstić information content (AvgIpc) is 3.05. The van der Waals surface area contributed by atoms with Crippen molar-refractivity contribution in [1.82, 2.24) is 0 Å². The van der Waals surface area contributed by atoms with E-state index in [1.165, 1.54) is 4.90 Å². The number of thioether (sulfide) groups is 1. The van der Waals surface area contributed by atoms with E-state index in [0.717, 1.165) is 17.1 Å². The molecular formula is C15H12O3S. The van der Waals surface area contributed by atoms with E-state index in [1.807, 2.05) is 36.4 Å². The van der Waals surface area contributed by atoms with Crippen LogP contribution in [0.4, 0.5) is 0 Å². The van der Waals surface area contributed by atoms with Gasteiger partial charge in [0.05, 0.1) is 0 Å². The predicted octanol–water partition coefficient (Wildman–Crippen LogP) is 3.61. The number of benzene rings is 2. The van der Waals surface area contributed by atoms with E-state index in [4.69, 9.17) is 14.2 Å². The molecule has 0 aliphatic carbocycles. The van der Waals surface area contributed by atoms with Crippen molar-refractivity contribution in [2.45, 2.75) is 16.4 Å². The highest BCUT2D eigenvalue weighted by Crippen LogP contribution is 2.49. The fourth-order valence-electron chi connectivity index (χ4n) is 2.15. The second-order valence-electron chi connectivity index (χ2n) is 4.47. The summed E-state index contributed by atoms with van der Waals surface area (Å²) in [5, 5.41) is 0. The van der Waals surface area contributed by atoms with Gasteiger partial charge >= 0.3 is 0 Å². The van der Waals surface area contributed by atoms with E-state index in [1.54, 1.807) is 11.8 Å². The number of hydrogen-bond donors (Lipinski definition) is 0. The van der Waals surface area contributed by atoms with Crippen LogP contribution in [0.3, 0.4) is 0 Å². The summed E-state index contributed by atoms with van der Waals surface area (Å²) in [7, 11) is 0. The van der Waals surface area contributed by atoms with Crippen LogP contribution < -0.4 is 9.47 Å². The molecule has 19 heavy (non-hydrogen) atoms. The van der Waals surface area contributed by atoms with Crippen molar-refractivity contribution >= 4 is 11.8 Å². The summed E-state index contributed by atoms with van der Waals surface area (Å²) in [6.07, 6.45) is 0.153. The lowest BCUT2D eigenvalue weighted by atomic mass is 10.1. The van der Waals surface area contributed by atoms with Crippen LogP contribution in [0.25, 0.3) is 0 Å². The molecule has 2 aromatic carbocycles. The summed E-state index contributed by atoms with van der Waals surface area (Å²) in [4.78, 5) is 1.23. The average molecular weight is 272 g/mol. The minimum absolute atomic E-state index is 0.153. The molecule has 0 spiro atoms. The minimum Gasteiger partial charge on any atom is -0.454 e. The fraction of sp³-hybridized carbons (Fsp3) is 0.200. The van der Waals surface area contributed by atoms with Crippen molar-refractivity contribution in [2.24, 2.45) is 0 Å². The van der Waals surface area contributed by atoms with E-state index in [2.05, 4.69) is 12.1 Å². The zero-order valence-corrected chi connectivity index (χ0v) is 10.9. The van der Waals surface area contributed by atoms with Gasteiger partial charge in [0.25, 0.3) is 0 Å². The summed E-state index contributed by atoms with van der Waals surface area (Å²) in [5.74, 6) is 1.63. The number of ether oxygens (including phenoxy) is 3. The molecule has 2 aliphatic rings.